The van der Waals surface area contributed by atoms with E-state index in [1.165, 1.54) is 25.7 Å². The van der Waals surface area contributed by atoms with Crippen LogP contribution in [0.15, 0.2) is 6.20 Å². The molecule has 102 valence electrons. The van der Waals surface area contributed by atoms with Gasteiger partial charge in [0.2, 0.25) is 0 Å². The lowest BCUT2D eigenvalue weighted by molar-refractivity contribution is 0.120. The molecule has 5 nitrogen and oxygen atoms in total. The molecule has 1 atom stereocenters. The highest BCUT2D eigenvalue weighted by Crippen LogP contribution is 2.28. The van der Waals surface area contributed by atoms with E-state index in [4.69, 9.17) is 5.11 Å². The number of hydrogen-bond donors (Lipinski definition) is 2. The van der Waals surface area contributed by atoms with Gasteiger partial charge >= 0.3 is 0 Å². The van der Waals surface area contributed by atoms with Crippen molar-refractivity contribution >= 4 is 0 Å². The standard InChI is InChI=1S/C13H23N3O2/c17-7-3-6-12-9-16(15-14-12)10-13(18)8-11-4-1-2-5-11/h9,11,13,17-18H,1-8,10H2. The van der Waals surface area contributed by atoms with E-state index in [0.29, 0.717) is 18.9 Å². The largest absolute Gasteiger partial charge is 0.396 e. The molecule has 2 rings (SSSR count). The summed E-state index contributed by atoms with van der Waals surface area (Å²) in [5.41, 5.74) is 0.886. The predicted octanol–water partition coefficient (Wildman–Crippen LogP) is 1.14. The van der Waals surface area contributed by atoms with E-state index in [0.717, 1.165) is 18.5 Å². The summed E-state index contributed by atoms with van der Waals surface area (Å²) < 4.78 is 1.71. The normalized spacial score (nSPS) is 18.3. The maximum atomic E-state index is 10.0. The number of hydrogen-bond acceptors (Lipinski definition) is 4. The van der Waals surface area contributed by atoms with Crippen molar-refractivity contribution in [3.63, 3.8) is 0 Å². The zero-order valence-corrected chi connectivity index (χ0v) is 10.8. The molecule has 1 aliphatic carbocycles. The summed E-state index contributed by atoms with van der Waals surface area (Å²) in [6, 6.07) is 0. The molecule has 0 amide bonds. The van der Waals surface area contributed by atoms with Crippen LogP contribution in [0.3, 0.4) is 0 Å². The van der Waals surface area contributed by atoms with E-state index < -0.39 is 0 Å². The number of aromatic nitrogens is 3. The van der Waals surface area contributed by atoms with Crippen molar-refractivity contribution in [1.82, 2.24) is 15.0 Å². The fourth-order valence-electron chi connectivity index (χ4n) is 2.72. The van der Waals surface area contributed by atoms with E-state index in [9.17, 15) is 5.11 Å². The molecular formula is C13H23N3O2. The van der Waals surface area contributed by atoms with Crippen LogP contribution < -0.4 is 0 Å². The molecule has 18 heavy (non-hydrogen) atoms. The second-order valence-electron chi connectivity index (χ2n) is 5.30. The van der Waals surface area contributed by atoms with Crippen LogP contribution in [0, 0.1) is 5.92 Å². The molecule has 0 radical (unpaired) electrons. The van der Waals surface area contributed by atoms with Gasteiger partial charge in [0, 0.05) is 12.8 Å². The minimum Gasteiger partial charge on any atom is -0.396 e. The number of aliphatic hydroxyl groups is 2. The van der Waals surface area contributed by atoms with E-state index in [1.807, 2.05) is 6.20 Å². The van der Waals surface area contributed by atoms with Gasteiger partial charge in [-0.25, -0.2) is 4.68 Å². The van der Waals surface area contributed by atoms with Crippen LogP contribution in [-0.4, -0.2) is 37.9 Å². The first kappa shape index (κ1) is 13.5. The summed E-state index contributed by atoms with van der Waals surface area (Å²) in [6.07, 6.45) is 9.03. The topological polar surface area (TPSA) is 71.2 Å². The van der Waals surface area contributed by atoms with E-state index in [-0.39, 0.29) is 12.7 Å². The van der Waals surface area contributed by atoms with Crippen molar-refractivity contribution in [2.75, 3.05) is 6.61 Å². The van der Waals surface area contributed by atoms with Crippen LogP contribution in [-0.2, 0) is 13.0 Å². The summed E-state index contributed by atoms with van der Waals surface area (Å²) >= 11 is 0. The van der Waals surface area contributed by atoms with Crippen molar-refractivity contribution in [3.05, 3.63) is 11.9 Å². The van der Waals surface area contributed by atoms with Gasteiger partial charge in [0.15, 0.2) is 0 Å². The van der Waals surface area contributed by atoms with Crippen LogP contribution in [0.25, 0.3) is 0 Å². The fourth-order valence-corrected chi connectivity index (χ4v) is 2.72. The van der Waals surface area contributed by atoms with Gasteiger partial charge in [-0.1, -0.05) is 30.9 Å². The minimum atomic E-state index is -0.319. The molecule has 0 spiro atoms. The molecule has 1 aliphatic rings. The molecule has 0 aliphatic heterocycles. The highest BCUT2D eigenvalue weighted by molar-refractivity contribution is 4.92. The third-order valence-electron chi connectivity index (χ3n) is 3.66. The summed E-state index contributed by atoms with van der Waals surface area (Å²) in [5, 5.41) is 26.8. The van der Waals surface area contributed by atoms with Gasteiger partial charge in [0.1, 0.15) is 0 Å². The molecule has 1 unspecified atom stereocenters. The van der Waals surface area contributed by atoms with E-state index >= 15 is 0 Å². The zero-order valence-electron chi connectivity index (χ0n) is 10.8. The summed E-state index contributed by atoms with van der Waals surface area (Å²) in [6.45, 7) is 0.708. The predicted molar refractivity (Wildman–Crippen MR) is 68.0 cm³/mol. The lowest BCUT2D eigenvalue weighted by Crippen LogP contribution is -2.19. The minimum absolute atomic E-state index is 0.178. The molecule has 0 saturated heterocycles. The Balaban J connectivity index is 1.75. The Labute approximate surface area is 108 Å². The third-order valence-corrected chi connectivity index (χ3v) is 3.66. The molecule has 1 fully saturated rings. The highest BCUT2D eigenvalue weighted by atomic mass is 16.3. The molecule has 0 bridgehead atoms. The van der Waals surface area contributed by atoms with E-state index in [2.05, 4.69) is 10.3 Å². The van der Waals surface area contributed by atoms with Crippen molar-refractivity contribution in [3.8, 4) is 0 Å². The molecule has 1 aromatic rings. The van der Waals surface area contributed by atoms with Crippen LogP contribution >= 0.6 is 0 Å². The second kappa shape index (κ2) is 6.85. The number of rotatable bonds is 7. The molecule has 2 N–H and O–H groups in total. The van der Waals surface area contributed by atoms with Crippen LogP contribution in [0.5, 0.6) is 0 Å². The quantitative estimate of drug-likeness (QED) is 0.764. The first-order valence-electron chi connectivity index (χ1n) is 6.96. The molecule has 1 heterocycles. The Morgan fingerprint density at radius 2 is 2.17 bits per heavy atom. The van der Waals surface area contributed by atoms with Crippen LogP contribution in [0.2, 0.25) is 0 Å². The highest BCUT2D eigenvalue weighted by Gasteiger charge is 2.19. The van der Waals surface area contributed by atoms with Crippen molar-refractivity contribution < 1.29 is 10.2 Å². The van der Waals surface area contributed by atoms with Crippen molar-refractivity contribution in [2.24, 2.45) is 5.92 Å². The summed E-state index contributed by atoms with van der Waals surface area (Å²) in [5.74, 6) is 0.692. The Hall–Kier alpha value is -0.940. The fraction of sp³-hybridized carbons (Fsp3) is 0.846. The molecule has 1 aromatic heterocycles. The van der Waals surface area contributed by atoms with Gasteiger partial charge in [-0.15, -0.1) is 5.10 Å². The Morgan fingerprint density at radius 1 is 1.39 bits per heavy atom. The molecular weight excluding hydrogens is 230 g/mol. The third kappa shape index (κ3) is 4.07. The average Bonchev–Trinajstić information content (AvgIpc) is 2.98. The van der Waals surface area contributed by atoms with Crippen LogP contribution in [0.4, 0.5) is 0 Å². The Morgan fingerprint density at radius 3 is 2.89 bits per heavy atom. The summed E-state index contributed by atoms with van der Waals surface area (Å²) in [7, 11) is 0. The average molecular weight is 253 g/mol. The van der Waals surface area contributed by atoms with Gasteiger partial charge < -0.3 is 10.2 Å². The van der Waals surface area contributed by atoms with Crippen molar-refractivity contribution in [1.29, 1.82) is 0 Å². The molecule has 0 aromatic carbocycles. The Kier molecular flexibility index (Phi) is 5.13. The van der Waals surface area contributed by atoms with Gasteiger partial charge in [0.25, 0.3) is 0 Å². The Bertz CT molecular complexity index is 348. The lowest BCUT2D eigenvalue weighted by atomic mass is 10.0. The van der Waals surface area contributed by atoms with Gasteiger partial charge in [-0.2, -0.15) is 0 Å². The smallest absolute Gasteiger partial charge is 0.0828 e. The number of aliphatic hydroxyl groups excluding tert-OH is 2. The SMILES string of the molecule is OCCCc1cn(CC(O)CC2CCCC2)nn1. The maximum absolute atomic E-state index is 10.0. The summed E-state index contributed by atoms with van der Waals surface area (Å²) in [4.78, 5) is 0. The van der Waals surface area contributed by atoms with Gasteiger partial charge in [0.05, 0.1) is 18.3 Å². The van der Waals surface area contributed by atoms with Crippen molar-refractivity contribution in [2.45, 2.75) is 57.6 Å². The monoisotopic (exact) mass is 253 g/mol. The lowest BCUT2D eigenvalue weighted by Gasteiger charge is -2.14. The van der Waals surface area contributed by atoms with E-state index in [1.54, 1.807) is 4.68 Å². The van der Waals surface area contributed by atoms with Crippen LogP contribution in [0.1, 0.15) is 44.2 Å². The second-order valence-corrected chi connectivity index (χ2v) is 5.30. The molecule has 5 heteroatoms. The molecule has 1 saturated carbocycles. The first-order valence-corrected chi connectivity index (χ1v) is 6.96. The number of nitrogens with zero attached hydrogens (tertiary/aromatic N) is 3. The first-order chi connectivity index (χ1) is 8.78. The van der Waals surface area contributed by atoms with Gasteiger partial charge in [-0.05, 0) is 25.2 Å². The number of aryl methyl sites for hydroxylation is 1. The zero-order chi connectivity index (χ0) is 12.8. The maximum Gasteiger partial charge on any atom is 0.0828 e. The van der Waals surface area contributed by atoms with Gasteiger partial charge in [-0.3, -0.25) is 0 Å².